The lowest BCUT2D eigenvalue weighted by Crippen LogP contribution is -2.42. The number of rotatable bonds is 5. The summed E-state index contributed by atoms with van der Waals surface area (Å²) < 4.78 is 27.7. The van der Waals surface area contributed by atoms with E-state index in [0.717, 1.165) is 19.3 Å². The number of sulfonamides is 1. The molecule has 1 saturated heterocycles. The van der Waals surface area contributed by atoms with Gasteiger partial charge in [-0.25, -0.2) is 8.42 Å². The van der Waals surface area contributed by atoms with Gasteiger partial charge in [-0.15, -0.1) is 0 Å². The molecular weight excluding hydrogens is 376 g/mol. The Balaban J connectivity index is 1.89. The fraction of sp³-hybridized carbons (Fsp3) is 0.381. The second kappa shape index (κ2) is 8.43. The largest absolute Gasteiger partial charge is 0.392 e. The molecule has 3 rings (SSSR count). The zero-order valence-corrected chi connectivity index (χ0v) is 17.0. The molecule has 2 N–H and O–H groups in total. The highest BCUT2D eigenvalue weighted by Crippen LogP contribution is 2.26. The lowest BCUT2D eigenvalue weighted by Gasteiger charge is -2.32. The number of hydrogen-bond donors (Lipinski definition) is 2. The van der Waals surface area contributed by atoms with Crippen LogP contribution in [-0.2, 0) is 16.6 Å². The van der Waals surface area contributed by atoms with Crippen molar-refractivity contribution < 1.29 is 18.3 Å². The maximum absolute atomic E-state index is 13.1. The number of hydrogen-bond acceptors (Lipinski definition) is 4. The molecule has 0 aliphatic carbocycles. The number of carbonyl (C=O) groups excluding carboxylic acids is 1. The van der Waals surface area contributed by atoms with Crippen LogP contribution in [0.1, 0.15) is 47.7 Å². The van der Waals surface area contributed by atoms with E-state index < -0.39 is 10.0 Å². The van der Waals surface area contributed by atoms with Gasteiger partial charge in [0.05, 0.1) is 11.5 Å². The van der Waals surface area contributed by atoms with Gasteiger partial charge in [-0.05, 0) is 62.1 Å². The number of nitrogens with one attached hydrogen (secondary N) is 1. The minimum absolute atomic E-state index is 0.0430. The number of aliphatic hydroxyl groups is 1. The summed E-state index contributed by atoms with van der Waals surface area (Å²) in [6.07, 6.45) is 2.73. The van der Waals surface area contributed by atoms with E-state index in [1.807, 2.05) is 6.92 Å². The Labute approximate surface area is 166 Å². The van der Waals surface area contributed by atoms with Crippen molar-refractivity contribution in [3.63, 3.8) is 0 Å². The molecule has 1 amide bonds. The van der Waals surface area contributed by atoms with Crippen molar-refractivity contribution in [2.75, 3.05) is 11.9 Å². The molecule has 0 saturated carbocycles. The van der Waals surface area contributed by atoms with Gasteiger partial charge in [0.2, 0.25) is 10.0 Å². The zero-order chi connectivity index (χ0) is 20.3. The van der Waals surface area contributed by atoms with Crippen LogP contribution >= 0.6 is 0 Å². The van der Waals surface area contributed by atoms with Gasteiger partial charge in [0.25, 0.3) is 5.91 Å². The number of nitrogens with zero attached hydrogens (tertiary/aromatic N) is 1. The molecule has 7 heteroatoms. The molecule has 0 aromatic heterocycles. The molecule has 2 aromatic rings. The van der Waals surface area contributed by atoms with Crippen molar-refractivity contribution in [2.45, 2.75) is 50.7 Å². The van der Waals surface area contributed by atoms with E-state index in [1.165, 1.54) is 10.4 Å². The van der Waals surface area contributed by atoms with E-state index in [1.54, 1.807) is 43.3 Å². The molecule has 0 radical (unpaired) electrons. The fourth-order valence-corrected chi connectivity index (χ4v) is 5.24. The fourth-order valence-electron chi connectivity index (χ4n) is 3.52. The number of amides is 1. The first-order chi connectivity index (χ1) is 13.3. The predicted molar refractivity (Wildman–Crippen MR) is 109 cm³/mol. The van der Waals surface area contributed by atoms with Gasteiger partial charge >= 0.3 is 0 Å². The Morgan fingerprint density at radius 2 is 2.00 bits per heavy atom. The summed E-state index contributed by atoms with van der Waals surface area (Å²) in [6.45, 7) is 4.09. The van der Waals surface area contributed by atoms with Gasteiger partial charge in [-0.3, -0.25) is 4.79 Å². The van der Waals surface area contributed by atoms with Crippen molar-refractivity contribution in [1.82, 2.24) is 4.31 Å². The first-order valence-electron chi connectivity index (χ1n) is 9.46. The van der Waals surface area contributed by atoms with Crippen LogP contribution in [0.25, 0.3) is 0 Å². The van der Waals surface area contributed by atoms with Crippen molar-refractivity contribution in [2.24, 2.45) is 0 Å². The van der Waals surface area contributed by atoms with Gasteiger partial charge in [0.1, 0.15) is 0 Å². The van der Waals surface area contributed by atoms with Crippen molar-refractivity contribution in [3.8, 4) is 0 Å². The average molecular weight is 403 g/mol. The first-order valence-corrected chi connectivity index (χ1v) is 10.9. The maximum atomic E-state index is 13.1. The summed E-state index contributed by atoms with van der Waals surface area (Å²) in [5.74, 6) is -0.378. The molecule has 1 atom stereocenters. The third-order valence-corrected chi connectivity index (χ3v) is 7.18. The van der Waals surface area contributed by atoms with E-state index >= 15 is 0 Å². The second-order valence-corrected chi connectivity index (χ2v) is 9.14. The molecule has 0 bridgehead atoms. The number of carbonyl (C=O) groups is 1. The summed E-state index contributed by atoms with van der Waals surface area (Å²) in [7, 11) is -3.65. The van der Waals surface area contributed by atoms with Gasteiger partial charge in [-0.2, -0.15) is 4.31 Å². The molecule has 1 aliphatic heterocycles. The normalized spacial score (nSPS) is 18.0. The highest BCUT2D eigenvalue weighted by molar-refractivity contribution is 7.89. The summed E-state index contributed by atoms with van der Waals surface area (Å²) in [5, 5.41) is 12.0. The SMILES string of the molecule is Cc1ccc(S(=O)(=O)N2CCCCC2C)cc1C(=O)Nc1cccc(CO)c1. The molecule has 1 heterocycles. The lowest BCUT2D eigenvalue weighted by molar-refractivity contribution is 0.102. The number of piperidine rings is 1. The smallest absolute Gasteiger partial charge is 0.255 e. The topological polar surface area (TPSA) is 86.7 Å². The van der Waals surface area contributed by atoms with Gasteiger partial charge in [-0.1, -0.05) is 24.6 Å². The monoisotopic (exact) mass is 402 g/mol. The highest BCUT2D eigenvalue weighted by Gasteiger charge is 2.31. The minimum atomic E-state index is -3.65. The van der Waals surface area contributed by atoms with E-state index in [-0.39, 0.29) is 23.5 Å². The lowest BCUT2D eigenvalue weighted by atomic mass is 10.1. The zero-order valence-electron chi connectivity index (χ0n) is 16.2. The van der Waals surface area contributed by atoms with Crippen LogP contribution in [-0.4, -0.2) is 36.3 Å². The van der Waals surface area contributed by atoms with Gasteiger partial charge < -0.3 is 10.4 Å². The molecule has 6 nitrogen and oxygen atoms in total. The summed E-state index contributed by atoms with van der Waals surface area (Å²) in [6, 6.07) is 11.6. The first kappa shape index (κ1) is 20.5. The van der Waals surface area contributed by atoms with Crippen LogP contribution in [0.5, 0.6) is 0 Å². The van der Waals surface area contributed by atoms with E-state index in [9.17, 15) is 18.3 Å². The quantitative estimate of drug-likeness (QED) is 0.803. The van der Waals surface area contributed by atoms with E-state index in [4.69, 9.17) is 0 Å². The Morgan fingerprint density at radius 1 is 1.21 bits per heavy atom. The molecule has 1 unspecified atom stereocenters. The minimum Gasteiger partial charge on any atom is -0.392 e. The third-order valence-electron chi connectivity index (χ3n) is 5.17. The third kappa shape index (κ3) is 4.27. The average Bonchev–Trinajstić information content (AvgIpc) is 2.68. The van der Waals surface area contributed by atoms with Crippen LogP contribution in [0.2, 0.25) is 0 Å². The van der Waals surface area contributed by atoms with Crippen LogP contribution in [0.15, 0.2) is 47.4 Å². The predicted octanol–water partition coefficient (Wildman–Crippen LogP) is 3.30. The summed E-state index contributed by atoms with van der Waals surface area (Å²) in [5.41, 5.74) is 2.25. The van der Waals surface area contributed by atoms with Crippen molar-refractivity contribution in [1.29, 1.82) is 0 Å². The van der Waals surface area contributed by atoms with Crippen molar-refractivity contribution in [3.05, 3.63) is 59.2 Å². The molecule has 0 spiro atoms. The van der Waals surface area contributed by atoms with Gasteiger partial charge in [0.15, 0.2) is 0 Å². The molecule has 28 heavy (non-hydrogen) atoms. The van der Waals surface area contributed by atoms with Crippen LogP contribution < -0.4 is 5.32 Å². The van der Waals surface area contributed by atoms with Crippen molar-refractivity contribution >= 4 is 21.6 Å². The Bertz CT molecular complexity index is 972. The second-order valence-electron chi connectivity index (χ2n) is 7.25. The molecule has 2 aromatic carbocycles. The molecule has 1 fully saturated rings. The summed E-state index contributed by atoms with van der Waals surface area (Å²) >= 11 is 0. The Morgan fingerprint density at radius 3 is 2.71 bits per heavy atom. The maximum Gasteiger partial charge on any atom is 0.255 e. The summed E-state index contributed by atoms with van der Waals surface area (Å²) in [4.78, 5) is 12.9. The highest BCUT2D eigenvalue weighted by atomic mass is 32.2. The van der Waals surface area contributed by atoms with E-state index in [0.29, 0.717) is 28.9 Å². The Hall–Kier alpha value is -2.22. The standard InChI is InChI=1S/C21H26N2O4S/c1-15-9-10-19(28(26,27)23-11-4-3-6-16(23)2)13-20(15)21(25)22-18-8-5-7-17(12-18)14-24/h5,7-10,12-13,16,24H,3-4,6,11,14H2,1-2H3,(H,22,25). The van der Waals surface area contributed by atoms with E-state index in [2.05, 4.69) is 5.32 Å². The number of aryl methyl sites for hydroxylation is 1. The number of benzene rings is 2. The number of aliphatic hydroxyl groups excluding tert-OH is 1. The van der Waals surface area contributed by atoms with Crippen LogP contribution in [0.3, 0.4) is 0 Å². The molecule has 150 valence electrons. The molecule has 1 aliphatic rings. The number of anilines is 1. The van der Waals surface area contributed by atoms with Crippen LogP contribution in [0.4, 0.5) is 5.69 Å². The molecular formula is C21H26N2O4S. The Kier molecular flexibility index (Phi) is 6.17. The van der Waals surface area contributed by atoms with Crippen LogP contribution in [0, 0.1) is 6.92 Å². The van der Waals surface area contributed by atoms with Gasteiger partial charge in [0, 0.05) is 23.8 Å².